The summed E-state index contributed by atoms with van der Waals surface area (Å²) in [6.07, 6.45) is 5.77. The van der Waals surface area contributed by atoms with Crippen LogP contribution in [-0.2, 0) is 13.5 Å². The molecule has 3 nitrogen and oxygen atoms in total. The minimum absolute atomic E-state index is 0.683. The van der Waals surface area contributed by atoms with Crippen LogP contribution in [0, 0.1) is 6.92 Å². The molecule has 1 fully saturated rings. The van der Waals surface area contributed by atoms with Crippen LogP contribution in [0.1, 0.15) is 24.1 Å². The smallest absolute Gasteiger partial charge is 0.0525 e. The Labute approximate surface area is 79.1 Å². The van der Waals surface area contributed by atoms with E-state index < -0.39 is 0 Å². The molecule has 1 aromatic rings. The number of aromatic nitrogens is 2. The van der Waals surface area contributed by atoms with E-state index in [1.165, 1.54) is 30.6 Å². The molecule has 0 unspecified atom stereocenters. The number of rotatable bonds is 2. The molecule has 1 aromatic heterocycles. The lowest BCUT2D eigenvalue weighted by Crippen LogP contribution is -2.23. The number of aryl methyl sites for hydroxylation is 1. The third kappa shape index (κ3) is 1.75. The number of nitrogens with one attached hydrogen (secondary N) is 1. The summed E-state index contributed by atoms with van der Waals surface area (Å²) < 4.78 is 1.95. The van der Waals surface area contributed by atoms with Crippen LogP contribution in [0.3, 0.4) is 0 Å². The molecule has 1 atom stereocenters. The summed E-state index contributed by atoms with van der Waals surface area (Å²) in [6.45, 7) is 3.32. The molecule has 1 saturated heterocycles. The van der Waals surface area contributed by atoms with Crippen molar-refractivity contribution in [2.45, 2.75) is 32.2 Å². The molecule has 0 radical (unpaired) electrons. The lowest BCUT2D eigenvalue weighted by Gasteiger charge is -2.08. The molecule has 0 amide bonds. The van der Waals surface area contributed by atoms with Gasteiger partial charge >= 0.3 is 0 Å². The van der Waals surface area contributed by atoms with Gasteiger partial charge in [-0.2, -0.15) is 5.10 Å². The quantitative estimate of drug-likeness (QED) is 0.734. The van der Waals surface area contributed by atoms with E-state index >= 15 is 0 Å². The molecule has 3 heteroatoms. The largest absolute Gasteiger partial charge is 0.314 e. The van der Waals surface area contributed by atoms with Crippen molar-refractivity contribution in [1.82, 2.24) is 15.1 Å². The fraction of sp³-hybridized carbons (Fsp3) is 0.700. The van der Waals surface area contributed by atoms with Crippen LogP contribution in [0.15, 0.2) is 6.20 Å². The van der Waals surface area contributed by atoms with E-state index in [2.05, 4.69) is 17.3 Å². The SMILES string of the molecule is Cc1c(C[C@H]2CCCN2)cnn1C. The third-order valence-corrected chi connectivity index (χ3v) is 2.97. The summed E-state index contributed by atoms with van der Waals surface area (Å²) in [5.41, 5.74) is 2.69. The second kappa shape index (κ2) is 3.50. The standard InChI is InChI=1S/C10H17N3/c1-8-9(7-12-13(8)2)6-10-4-3-5-11-10/h7,10-11H,3-6H2,1-2H3/t10-/m1/s1. The van der Waals surface area contributed by atoms with E-state index in [9.17, 15) is 0 Å². The molecule has 0 bridgehead atoms. The van der Waals surface area contributed by atoms with E-state index in [1.54, 1.807) is 0 Å². The predicted octanol–water partition coefficient (Wildman–Crippen LogP) is 1.02. The van der Waals surface area contributed by atoms with Gasteiger partial charge in [-0.25, -0.2) is 0 Å². The van der Waals surface area contributed by atoms with Gasteiger partial charge < -0.3 is 5.32 Å². The monoisotopic (exact) mass is 179 g/mol. The molecular formula is C10H17N3. The van der Waals surface area contributed by atoms with E-state index in [0.717, 1.165) is 6.42 Å². The Morgan fingerprint density at radius 1 is 1.69 bits per heavy atom. The van der Waals surface area contributed by atoms with Gasteiger partial charge in [0.2, 0.25) is 0 Å². The van der Waals surface area contributed by atoms with Gasteiger partial charge in [-0.15, -0.1) is 0 Å². The Balaban J connectivity index is 2.04. The molecule has 1 aliphatic rings. The second-order valence-corrected chi connectivity index (χ2v) is 3.88. The van der Waals surface area contributed by atoms with Gasteiger partial charge in [-0.05, 0) is 38.3 Å². The molecular weight excluding hydrogens is 162 g/mol. The zero-order valence-corrected chi connectivity index (χ0v) is 8.38. The van der Waals surface area contributed by atoms with Crippen molar-refractivity contribution < 1.29 is 0 Å². The summed E-state index contributed by atoms with van der Waals surface area (Å²) in [7, 11) is 2.00. The molecule has 13 heavy (non-hydrogen) atoms. The van der Waals surface area contributed by atoms with Crippen LogP contribution < -0.4 is 5.32 Å². The third-order valence-electron chi connectivity index (χ3n) is 2.97. The Hall–Kier alpha value is -0.830. The lowest BCUT2D eigenvalue weighted by molar-refractivity contribution is 0.600. The van der Waals surface area contributed by atoms with Gasteiger partial charge in [0.1, 0.15) is 0 Å². The van der Waals surface area contributed by atoms with Gasteiger partial charge in [-0.3, -0.25) is 4.68 Å². The lowest BCUT2D eigenvalue weighted by atomic mass is 10.1. The maximum absolute atomic E-state index is 4.25. The van der Waals surface area contributed by atoms with Crippen molar-refractivity contribution in [3.8, 4) is 0 Å². The van der Waals surface area contributed by atoms with Crippen LogP contribution in [0.25, 0.3) is 0 Å². The average Bonchev–Trinajstić information content (AvgIpc) is 2.71. The van der Waals surface area contributed by atoms with Crippen LogP contribution in [-0.4, -0.2) is 22.4 Å². The first kappa shape index (κ1) is 8.75. The molecule has 0 aromatic carbocycles. The minimum atomic E-state index is 0.683. The van der Waals surface area contributed by atoms with Gasteiger partial charge in [0.25, 0.3) is 0 Å². The van der Waals surface area contributed by atoms with Crippen LogP contribution >= 0.6 is 0 Å². The van der Waals surface area contributed by atoms with Crippen molar-refractivity contribution in [2.24, 2.45) is 7.05 Å². The molecule has 2 heterocycles. The Morgan fingerprint density at radius 2 is 2.54 bits per heavy atom. The van der Waals surface area contributed by atoms with Crippen molar-refractivity contribution >= 4 is 0 Å². The summed E-state index contributed by atoms with van der Waals surface area (Å²) in [6, 6.07) is 0.683. The molecule has 72 valence electrons. The molecule has 0 saturated carbocycles. The maximum Gasteiger partial charge on any atom is 0.0525 e. The minimum Gasteiger partial charge on any atom is -0.314 e. The topological polar surface area (TPSA) is 29.9 Å². The average molecular weight is 179 g/mol. The van der Waals surface area contributed by atoms with E-state index in [-0.39, 0.29) is 0 Å². The molecule has 1 aliphatic heterocycles. The zero-order chi connectivity index (χ0) is 9.26. The van der Waals surface area contributed by atoms with Gasteiger partial charge in [-0.1, -0.05) is 0 Å². The maximum atomic E-state index is 4.25. The highest BCUT2D eigenvalue weighted by Gasteiger charge is 2.16. The molecule has 2 rings (SSSR count). The van der Waals surface area contributed by atoms with Crippen molar-refractivity contribution in [3.63, 3.8) is 0 Å². The summed E-state index contributed by atoms with van der Waals surface area (Å²) >= 11 is 0. The number of hydrogen-bond acceptors (Lipinski definition) is 2. The van der Waals surface area contributed by atoms with Crippen molar-refractivity contribution in [3.05, 3.63) is 17.5 Å². The Kier molecular flexibility index (Phi) is 2.36. The Bertz CT molecular complexity index is 284. The highest BCUT2D eigenvalue weighted by molar-refractivity contribution is 5.17. The first-order chi connectivity index (χ1) is 6.27. The summed E-state index contributed by atoms with van der Waals surface area (Å²) in [4.78, 5) is 0. The summed E-state index contributed by atoms with van der Waals surface area (Å²) in [5.74, 6) is 0. The first-order valence-corrected chi connectivity index (χ1v) is 4.98. The van der Waals surface area contributed by atoms with E-state index in [0.29, 0.717) is 6.04 Å². The fourth-order valence-electron chi connectivity index (χ4n) is 1.94. The number of hydrogen-bond donors (Lipinski definition) is 1. The molecule has 1 N–H and O–H groups in total. The fourth-order valence-corrected chi connectivity index (χ4v) is 1.94. The van der Waals surface area contributed by atoms with Crippen molar-refractivity contribution in [1.29, 1.82) is 0 Å². The van der Waals surface area contributed by atoms with Crippen LogP contribution in [0.2, 0.25) is 0 Å². The zero-order valence-electron chi connectivity index (χ0n) is 8.38. The first-order valence-electron chi connectivity index (χ1n) is 4.98. The van der Waals surface area contributed by atoms with Crippen molar-refractivity contribution in [2.75, 3.05) is 6.54 Å². The summed E-state index contributed by atoms with van der Waals surface area (Å²) in [5, 5.41) is 7.75. The van der Waals surface area contributed by atoms with Gasteiger partial charge in [0, 0.05) is 18.8 Å². The molecule has 0 spiro atoms. The highest BCUT2D eigenvalue weighted by atomic mass is 15.3. The Morgan fingerprint density at radius 3 is 3.08 bits per heavy atom. The van der Waals surface area contributed by atoms with E-state index in [4.69, 9.17) is 0 Å². The highest BCUT2D eigenvalue weighted by Crippen LogP contribution is 2.14. The van der Waals surface area contributed by atoms with Gasteiger partial charge in [0.15, 0.2) is 0 Å². The van der Waals surface area contributed by atoms with Crippen LogP contribution in [0.5, 0.6) is 0 Å². The normalized spacial score (nSPS) is 22.5. The van der Waals surface area contributed by atoms with Gasteiger partial charge in [0.05, 0.1) is 6.20 Å². The predicted molar refractivity (Wildman–Crippen MR) is 52.7 cm³/mol. The van der Waals surface area contributed by atoms with Crippen LogP contribution in [0.4, 0.5) is 0 Å². The number of nitrogens with zero attached hydrogens (tertiary/aromatic N) is 2. The molecule has 0 aliphatic carbocycles. The second-order valence-electron chi connectivity index (χ2n) is 3.88. The van der Waals surface area contributed by atoms with E-state index in [1.807, 2.05) is 17.9 Å².